The third-order valence-electron chi connectivity index (χ3n) is 2.63. The van der Waals surface area contributed by atoms with Gasteiger partial charge in [0.05, 0.1) is 6.61 Å². The zero-order valence-electron chi connectivity index (χ0n) is 11.0. The molecule has 0 amide bonds. The topological polar surface area (TPSA) is 35.2 Å². The van der Waals surface area contributed by atoms with E-state index in [1.807, 2.05) is 11.8 Å². The second-order valence-electron chi connectivity index (χ2n) is 4.53. The largest absolute Gasteiger partial charge is 0.492 e. The van der Waals surface area contributed by atoms with Gasteiger partial charge in [-0.25, -0.2) is 0 Å². The molecule has 2 N–H and O–H groups in total. The lowest BCUT2D eigenvalue weighted by atomic mass is 10.1. The number of nitrogens with two attached hydrogens (primary N) is 1. The molecule has 1 aromatic rings. The Morgan fingerprint density at radius 2 is 2.12 bits per heavy atom. The van der Waals surface area contributed by atoms with E-state index in [4.69, 9.17) is 10.5 Å². The van der Waals surface area contributed by atoms with Crippen LogP contribution in [0.1, 0.15) is 18.1 Å². The molecule has 0 saturated heterocycles. The highest BCUT2D eigenvalue weighted by atomic mass is 32.2. The second-order valence-corrected chi connectivity index (χ2v) is 5.68. The van der Waals surface area contributed by atoms with Gasteiger partial charge < -0.3 is 10.5 Å². The summed E-state index contributed by atoms with van der Waals surface area (Å²) in [5.74, 6) is 3.75. The van der Waals surface area contributed by atoms with E-state index in [1.54, 1.807) is 0 Å². The molecule has 2 nitrogen and oxygen atoms in total. The maximum atomic E-state index is 5.78. The van der Waals surface area contributed by atoms with E-state index in [0.717, 1.165) is 30.4 Å². The summed E-state index contributed by atoms with van der Waals surface area (Å²) < 4.78 is 5.78. The second kappa shape index (κ2) is 7.62. The Kier molecular flexibility index (Phi) is 6.45. The van der Waals surface area contributed by atoms with Crippen LogP contribution in [0, 0.1) is 19.8 Å². The fourth-order valence-electron chi connectivity index (χ4n) is 1.43. The molecule has 17 heavy (non-hydrogen) atoms. The molecule has 0 saturated carbocycles. The first-order valence-electron chi connectivity index (χ1n) is 6.11. The van der Waals surface area contributed by atoms with Crippen LogP contribution in [-0.4, -0.2) is 24.7 Å². The molecule has 1 unspecified atom stereocenters. The number of hydrogen-bond donors (Lipinski definition) is 1. The van der Waals surface area contributed by atoms with Crippen LogP contribution < -0.4 is 10.5 Å². The summed E-state index contributed by atoms with van der Waals surface area (Å²) in [6.45, 7) is 7.89. The van der Waals surface area contributed by atoms with Crippen LogP contribution in [0.5, 0.6) is 5.75 Å². The molecular formula is C14H23NOS. The molecule has 0 aromatic heterocycles. The van der Waals surface area contributed by atoms with E-state index in [0.29, 0.717) is 5.92 Å². The fourth-order valence-corrected chi connectivity index (χ4v) is 2.33. The van der Waals surface area contributed by atoms with Gasteiger partial charge in [0.2, 0.25) is 0 Å². The van der Waals surface area contributed by atoms with Crippen LogP contribution in [-0.2, 0) is 0 Å². The monoisotopic (exact) mass is 253 g/mol. The standard InChI is InChI=1S/C14H23NOS/c1-11-4-5-13(3)14(8-11)16-6-7-17-10-12(2)9-15/h4-5,8,12H,6-7,9-10,15H2,1-3H3. The molecule has 0 aliphatic heterocycles. The Balaban J connectivity index is 2.24. The quantitative estimate of drug-likeness (QED) is 0.759. The molecule has 3 heteroatoms. The Hall–Kier alpha value is -0.670. The molecule has 1 rings (SSSR count). The molecule has 0 radical (unpaired) electrons. The van der Waals surface area contributed by atoms with Gasteiger partial charge in [0.1, 0.15) is 5.75 Å². The summed E-state index contributed by atoms with van der Waals surface area (Å²) in [6.07, 6.45) is 0. The van der Waals surface area contributed by atoms with Crippen molar-refractivity contribution in [3.8, 4) is 5.75 Å². The predicted molar refractivity (Wildman–Crippen MR) is 77.0 cm³/mol. The molecule has 0 aliphatic rings. The van der Waals surface area contributed by atoms with Crippen molar-refractivity contribution in [2.24, 2.45) is 11.7 Å². The Morgan fingerprint density at radius 1 is 1.35 bits per heavy atom. The molecular weight excluding hydrogens is 230 g/mol. The number of thioether (sulfide) groups is 1. The van der Waals surface area contributed by atoms with Crippen molar-refractivity contribution in [2.75, 3.05) is 24.7 Å². The molecule has 1 atom stereocenters. The van der Waals surface area contributed by atoms with Crippen molar-refractivity contribution in [1.82, 2.24) is 0 Å². The van der Waals surface area contributed by atoms with Crippen LogP contribution in [0.3, 0.4) is 0 Å². The van der Waals surface area contributed by atoms with Gasteiger partial charge in [-0.3, -0.25) is 0 Å². The lowest BCUT2D eigenvalue weighted by Crippen LogP contribution is -2.13. The van der Waals surface area contributed by atoms with Gasteiger partial charge >= 0.3 is 0 Å². The van der Waals surface area contributed by atoms with Crippen LogP contribution in [0.4, 0.5) is 0 Å². The van der Waals surface area contributed by atoms with Gasteiger partial charge in [-0.05, 0) is 49.3 Å². The smallest absolute Gasteiger partial charge is 0.122 e. The number of ether oxygens (including phenoxy) is 1. The highest BCUT2D eigenvalue weighted by Gasteiger charge is 2.01. The van der Waals surface area contributed by atoms with Crippen molar-refractivity contribution in [3.05, 3.63) is 29.3 Å². The molecule has 0 spiro atoms. The van der Waals surface area contributed by atoms with Gasteiger partial charge in [-0.1, -0.05) is 19.1 Å². The molecule has 0 fully saturated rings. The van der Waals surface area contributed by atoms with Crippen LogP contribution >= 0.6 is 11.8 Å². The highest BCUT2D eigenvalue weighted by molar-refractivity contribution is 7.99. The van der Waals surface area contributed by atoms with E-state index in [2.05, 4.69) is 39.0 Å². The van der Waals surface area contributed by atoms with Crippen LogP contribution in [0.15, 0.2) is 18.2 Å². The SMILES string of the molecule is Cc1ccc(C)c(OCCSCC(C)CN)c1. The van der Waals surface area contributed by atoms with Crippen LogP contribution in [0.2, 0.25) is 0 Å². The first-order valence-corrected chi connectivity index (χ1v) is 7.26. The molecule has 0 bridgehead atoms. The minimum atomic E-state index is 0.598. The third-order valence-corrected chi connectivity index (χ3v) is 3.89. The van der Waals surface area contributed by atoms with Crippen LogP contribution in [0.25, 0.3) is 0 Å². The Morgan fingerprint density at radius 3 is 2.82 bits per heavy atom. The number of rotatable bonds is 7. The number of aryl methyl sites for hydroxylation is 2. The predicted octanol–water partition coefficient (Wildman–Crippen LogP) is 3.01. The zero-order valence-corrected chi connectivity index (χ0v) is 11.8. The van der Waals surface area contributed by atoms with Gasteiger partial charge in [0, 0.05) is 5.75 Å². The molecule has 0 heterocycles. The number of hydrogen-bond acceptors (Lipinski definition) is 3. The van der Waals surface area contributed by atoms with E-state index < -0.39 is 0 Å². The first kappa shape index (κ1) is 14.4. The molecule has 96 valence electrons. The van der Waals surface area contributed by atoms with Gasteiger partial charge in [0.25, 0.3) is 0 Å². The first-order chi connectivity index (χ1) is 8.13. The summed E-state index contributed by atoms with van der Waals surface area (Å²) >= 11 is 1.91. The van der Waals surface area contributed by atoms with E-state index >= 15 is 0 Å². The Labute approximate surface area is 109 Å². The number of benzene rings is 1. The van der Waals surface area contributed by atoms with E-state index in [9.17, 15) is 0 Å². The third kappa shape index (κ3) is 5.46. The van der Waals surface area contributed by atoms with Crippen molar-refractivity contribution in [3.63, 3.8) is 0 Å². The van der Waals surface area contributed by atoms with E-state index in [-0.39, 0.29) is 0 Å². The zero-order chi connectivity index (χ0) is 12.7. The van der Waals surface area contributed by atoms with Gasteiger partial charge in [-0.15, -0.1) is 0 Å². The summed E-state index contributed by atoms with van der Waals surface area (Å²) in [4.78, 5) is 0. The summed E-state index contributed by atoms with van der Waals surface area (Å²) in [6, 6.07) is 6.32. The minimum Gasteiger partial charge on any atom is -0.492 e. The fraction of sp³-hybridized carbons (Fsp3) is 0.571. The van der Waals surface area contributed by atoms with Crippen molar-refractivity contribution in [1.29, 1.82) is 0 Å². The van der Waals surface area contributed by atoms with Gasteiger partial charge in [-0.2, -0.15) is 11.8 Å². The highest BCUT2D eigenvalue weighted by Crippen LogP contribution is 2.19. The summed E-state index contributed by atoms with van der Waals surface area (Å²) in [7, 11) is 0. The van der Waals surface area contributed by atoms with Crippen molar-refractivity contribution < 1.29 is 4.74 Å². The van der Waals surface area contributed by atoms with E-state index in [1.165, 1.54) is 11.1 Å². The normalized spacial score (nSPS) is 12.5. The maximum Gasteiger partial charge on any atom is 0.122 e. The van der Waals surface area contributed by atoms with Crippen molar-refractivity contribution >= 4 is 11.8 Å². The lowest BCUT2D eigenvalue weighted by Gasteiger charge is -2.11. The lowest BCUT2D eigenvalue weighted by molar-refractivity contribution is 0.341. The summed E-state index contributed by atoms with van der Waals surface area (Å²) in [5, 5.41) is 0. The van der Waals surface area contributed by atoms with Crippen molar-refractivity contribution in [2.45, 2.75) is 20.8 Å². The average Bonchev–Trinajstić information content (AvgIpc) is 2.32. The average molecular weight is 253 g/mol. The molecule has 0 aliphatic carbocycles. The molecule has 1 aromatic carbocycles. The van der Waals surface area contributed by atoms with Gasteiger partial charge in [0.15, 0.2) is 0 Å². The maximum absolute atomic E-state index is 5.78. The Bertz CT molecular complexity index is 341. The minimum absolute atomic E-state index is 0.598. The summed E-state index contributed by atoms with van der Waals surface area (Å²) in [5.41, 5.74) is 8.02.